The molecule has 2 saturated heterocycles. The Kier molecular flexibility index (Phi) is 7.90. The molecule has 0 radical (unpaired) electrons. The van der Waals surface area contributed by atoms with Crippen molar-refractivity contribution in [2.75, 3.05) is 19.6 Å². The monoisotopic (exact) mass is 574 g/mol. The Morgan fingerprint density at radius 2 is 1.73 bits per heavy atom. The molecule has 3 heterocycles. The van der Waals surface area contributed by atoms with Gasteiger partial charge in [-0.3, -0.25) is 19.5 Å². The van der Waals surface area contributed by atoms with Gasteiger partial charge in [0.05, 0.1) is 23.4 Å². The Labute approximate surface area is 237 Å². The molecular weight excluding hydrogens is 537 g/mol. The van der Waals surface area contributed by atoms with E-state index in [4.69, 9.17) is 0 Å². The van der Waals surface area contributed by atoms with Crippen molar-refractivity contribution in [3.63, 3.8) is 0 Å². The average Bonchev–Trinajstić information content (AvgIpc) is 3.54. The molecule has 3 aliphatic rings. The lowest BCUT2D eigenvalue weighted by atomic mass is 9.79. The number of fused-ring (bicyclic) bond motifs is 1. The molecule has 3 fully saturated rings. The van der Waals surface area contributed by atoms with Gasteiger partial charge in [-0.15, -0.1) is 0 Å². The molecule has 1 aliphatic carbocycles. The predicted octanol–water partition coefficient (Wildman–Crippen LogP) is 3.56. The van der Waals surface area contributed by atoms with Gasteiger partial charge in [-0.2, -0.15) is 13.2 Å². The first-order valence-electron chi connectivity index (χ1n) is 14.2. The number of amides is 2. The second-order valence-electron chi connectivity index (χ2n) is 12.1. The smallest absolute Gasteiger partial charge is 0.386 e. The minimum Gasteiger partial charge on any atom is -0.386 e. The summed E-state index contributed by atoms with van der Waals surface area (Å²) in [6, 6.07) is 8.29. The third kappa shape index (κ3) is 6.12. The molecule has 2 atom stereocenters. The maximum atomic E-state index is 13.0. The number of benzene rings is 1. The van der Waals surface area contributed by atoms with Crippen LogP contribution in [0.1, 0.15) is 79.6 Å². The van der Waals surface area contributed by atoms with E-state index in [1.165, 1.54) is 12.1 Å². The fraction of sp³-hybridized carbons (Fsp3) is 0.567. The molecular formula is C30H37F3N4O4. The number of hydrogen-bond acceptors (Lipinski definition) is 6. The fourth-order valence-corrected chi connectivity index (χ4v) is 6.68. The molecule has 1 saturated carbocycles. The van der Waals surface area contributed by atoms with Crippen molar-refractivity contribution in [3.8, 4) is 0 Å². The number of nitrogens with one attached hydrogen (secondary N) is 1. The Morgan fingerprint density at radius 3 is 2.37 bits per heavy atom. The molecule has 41 heavy (non-hydrogen) atoms. The number of carbonyl (C=O) groups is 2. The van der Waals surface area contributed by atoms with Gasteiger partial charge in [-0.25, -0.2) is 0 Å². The Balaban J connectivity index is 1.14. The van der Waals surface area contributed by atoms with Gasteiger partial charge in [-0.1, -0.05) is 12.1 Å². The first kappa shape index (κ1) is 29.5. The number of alkyl halides is 3. The number of carbonyl (C=O) groups excluding carboxylic acids is 2. The minimum absolute atomic E-state index is 0.0322. The highest BCUT2D eigenvalue weighted by molar-refractivity contribution is 5.96. The van der Waals surface area contributed by atoms with Crippen molar-refractivity contribution < 1.29 is 33.0 Å². The number of aromatic nitrogens is 1. The van der Waals surface area contributed by atoms with Crippen LogP contribution in [0, 0.1) is 0 Å². The van der Waals surface area contributed by atoms with Gasteiger partial charge in [0.15, 0.2) is 0 Å². The van der Waals surface area contributed by atoms with Gasteiger partial charge in [0.25, 0.3) is 5.91 Å². The van der Waals surface area contributed by atoms with Crippen molar-refractivity contribution in [2.24, 2.45) is 0 Å². The fourth-order valence-electron chi connectivity index (χ4n) is 6.68. The zero-order valence-corrected chi connectivity index (χ0v) is 23.3. The highest BCUT2D eigenvalue weighted by atomic mass is 19.4. The summed E-state index contributed by atoms with van der Waals surface area (Å²) in [5.74, 6) is -0.953. The number of pyridine rings is 1. The number of nitrogens with zero attached hydrogens (tertiary/aromatic N) is 3. The van der Waals surface area contributed by atoms with Crippen LogP contribution in [0.25, 0.3) is 0 Å². The molecule has 11 heteroatoms. The van der Waals surface area contributed by atoms with Crippen LogP contribution in [0.15, 0.2) is 42.6 Å². The highest BCUT2D eigenvalue weighted by Gasteiger charge is 2.48. The normalized spacial score (nSPS) is 27.1. The van der Waals surface area contributed by atoms with Crippen LogP contribution in [-0.4, -0.2) is 74.6 Å². The van der Waals surface area contributed by atoms with Crippen molar-refractivity contribution in [2.45, 2.75) is 87.9 Å². The minimum atomic E-state index is -4.55. The molecule has 1 aromatic heterocycles. The van der Waals surface area contributed by atoms with Crippen molar-refractivity contribution in [3.05, 3.63) is 65.0 Å². The van der Waals surface area contributed by atoms with Gasteiger partial charge in [0.1, 0.15) is 5.60 Å². The second-order valence-corrected chi connectivity index (χ2v) is 12.1. The lowest BCUT2D eigenvalue weighted by Crippen LogP contribution is -2.47. The van der Waals surface area contributed by atoms with E-state index in [1.54, 1.807) is 31.0 Å². The van der Waals surface area contributed by atoms with E-state index in [1.807, 2.05) is 6.07 Å². The van der Waals surface area contributed by atoms with E-state index in [2.05, 4.69) is 15.2 Å². The van der Waals surface area contributed by atoms with E-state index in [9.17, 15) is 33.0 Å². The van der Waals surface area contributed by atoms with Crippen LogP contribution in [0.4, 0.5) is 13.2 Å². The standard InChI is InChI=1S/C30H37F3N4O4/c1-28(2,40)21-6-7-25(34-17-21)29(41)12-8-22(9-13-29)36-14-10-24-23(36)11-15-37(24)26(38)18-35-27(39)19-4-3-5-20(16-19)30(31,32)33/h3-7,16-17,22-24,40-41H,8-15,18H2,1-2H3,(H,35,39). The molecule has 1 aromatic carbocycles. The third-order valence-electron chi connectivity index (χ3n) is 8.99. The van der Waals surface area contributed by atoms with Crippen LogP contribution in [0.5, 0.6) is 0 Å². The Bertz CT molecular complexity index is 1270. The van der Waals surface area contributed by atoms with E-state index >= 15 is 0 Å². The largest absolute Gasteiger partial charge is 0.416 e. The molecule has 3 N–H and O–H groups in total. The molecule has 0 spiro atoms. The molecule has 0 bridgehead atoms. The van der Waals surface area contributed by atoms with Crippen molar-refractivity contribution in [1.29, 1.82) is 0 Å². The number of aliphatic hydroxyl groups is 2. The SMILES string of the molecule is CC(C)(O)c1ccc(C2(O)CCC(N3CCC4C3CCN4C(=O)CNC(=O)c3cccc(C(F)(F)F)c3)CC2)nc1. The van der Waals surface area contributed by atoms with Gasteiger partial charge in [-0.05, 0) is 76.6 Å². The van der Waals surface area contributed by atoms with Crippen LogP contribution in [0.2, 0.25) is 0 Å². The quantitative estimate of drug-likeness (QED) is 0.487. The van der Waals surface area contributed by atoms with Crippen LogP contribution >= 0.6 is 0 Å². The summed E-state index contributed by atoms with van der Waals surface area (Å²) < 4.78 is 39.0. The topological polar surface area (TPSA) is 106 Å². The molecule has 2 aromatic rings. The summed E-state index contributed by atoms with van der Waals surface area (Å²) in [7, 11) is 0. The lowest BCUT2D eigenvalue weighted by molar-refractivity contribution is -0.137. The van der Waals surface area contributed by atoms with Gasteiger partial charge < -0.3 is 20.4 Å². The van der Waals surface area contributed by atoms with Crippen LogP contribution < -0.4 is 5.32 Å². The Morgan fingerprint density at radius 1 is 1.02 bits per heavy atom. The maximum absolute atomic E-state index is 13.0. The third-order valence-corrected chi connectivity index (χ3v) is 8.99. The van der Waals surface area contributed by atoms with Crippen molar-refractivity contribution in [1.82, 2.24) is 20.1 Å². The zero-order valence-electron chi connectivity index (χ0n) is 23.3. The summed E-state index contributed by atoms with van der Waals surface area (Å²) in [4.78, 5) is 34.2. The molecule has 2 aliphatic heterocycles. The summed E-state index contributed by atoms with van der Waals surface area (Å²) in [5.41, 5.74) is -1.75. The highest BCUT2D eigenvalue weighted by Crippen LogP contribution is 2.42. The van der Waals surface area contributed by atoms with Crippen molar-refractivity contribution >= 4 is 11.8 Å². The van der Waals surface area contributed by atoms with Crippen LogP contribution in [0.3, 0.4) is 0 Å². The summed E-state index contributed by atoms with van der Waals surface area (Å²) in [6.45, 7) is 4.53. The molecule has 222 valence electrons. The number of hydrogen-bond donors (Lipinski definition) is 3. The zero-order chi connectivity index (χ0) is 29.6. The molecule has 5 rings (SSSR count). The molecule has 2 unspecified atom stereocenters. The molecule has 2 amide bonds. The van der Waals surface area contributed by atoms with E-state index in [0.29, 0.717) is 30.6 Å². The summed E-state index contributed by atoms with van der Waals surface area (Å²) in [6.07, 6.45) is 1.46. The average molecular weight is 575 g/mol. The van der Waals surface area contributed by atoms with Gasteiger partial charge in [0.2, 0.25) is 5.91 Å². The molecule has 8 nitrogen and oxygen atoms in total. The Hall–Kier alpha value is -3.02. The first-order valence-corrected chi connectivity index (χ1v) is 14.2. The second kappa shape index (κ2) is 11.0. The van der Waals surface area contributed by atoms with Gasteiger partial charge in [0, 0.05) is 48.5 Å². The number of halogens is 3. The predicted molar refractivity (Wildman–Crippen MR) is 145 cm³/mol. The summed E-state index contributed by atoms with van der Waals surface area (Å²) >= 11 is 0. The lowest BCUT2D eigenvalue weighted by Gasteiger charge is -2.41. The van der Waals surface area contributed by atoms with E-state index < -0.39 is 28.8 Å². The van der Waals surface area contributed by atoms with Gasteiger partial charge >= 0.3 is 6.18 Å². The first-order chi connectivity index (χ1) is 19.3. The summed E-state index contributed by atoms with van der Waals surface area (Å²) in [5, 5.41) is 24.0. The maximum Gasteiger partial charge on any atom is 0.416 e. The van der Waals surface area contributed by atoms with Crippen LogP contribution in [-0.2, 0) is 22.2 Å². The number of rotatable bonds is 6. The number of likely N-dealkylation sites (tertiary alicyclic amines) is 2. The van der Waals surface area contributed by atoms with E-state index in [0.717, 1.165) is 44.4 Å². The van der Waals surface area contributed by atoms with E-state index in [-0.39, 0.29) is 36.1 Å².